The Labute approximate surface area is 102 Å². The van der Waals surface area contributed by atoms with Crippen LogP contribution in [0.2, 0.25) is 5.02 Å². The van der Waals surface area contributed by atoms with Crippen molar-refractivity contribution in [2.45, 2.75) is 32.0 Å². The van der Waals surface area contributed by atoms with E-state index in [0.29, 0.717) is 10.8 Å². The van der Waals surface area contributed by atoms with Crippen molar-refractivity contribution in [2.24, 2.45) is 0 Å². The van der Waals surface area contributed by atoms with Crippen molar-refractivity contribution < 1.29 is 9.84 Å². The standard InChI is InChI=1S/C13H16ClO2/c1-5-13(4,15)12(2,3)16-11-8-6-7-10(14)9-11/h1,5-9,15H,2-4H3. The van der Waals surface area contributed by atoms with Crippen LogP contribution in [0.4, 0.5) is 0 Å². The lowest BCUT2D eigenvalue weighted by Crippen LogP contribution is -2.50. The predicted octanol–water partition coefficient (Wildman–Crippen LogP) is 3.24. The minimum Gasteiger partial charge on any atom is -0.484 e. The maximum atomic E-state index is 10.0. The van der Waals surface area contributed by atoms with Gasteiger partial charge < -0.3 is 9.84 Å². The first kappa shape index (κ1) is 13.1. The Morgan fingerprint density at radius 1 is 1.38 bits per heavy atom. The van der Waals surface area contributed by atoms with Gasteiger partial charge in [0.05, 0.1) is 0 Å². The first-order valence-corrected chi connectivity index (χ1v) is 5.39. The Balaban J connectivity index is 2.92. The van der Waals surface area contributed by atoms with E-state index in [1.807, 2.05) is 0 Å². The number of rotatable bonds is 4. The number of benzene rings is 1. The maximum Gasteiger partial charge on any atom is 0.135 e. The zero-order chi connectivity index (χ0) is 12.4. The number of halogens is 1. The largest absolute Gasteiger partial charge is 0.484 e. The summed E-state index contributed by atoms with van der Waals surface area (Å²) in [6.07, 6.45) is 1.22. The van der Waals surface area contributed by atoms with Crippen molar-refractivity contribution in [1.29, 1.82) is 0 Å². The van der Waals surface area contributed by atoms with Crippen LogP contribution in [0, 0.1) is 6.58 Å². The minimum atomic E-state index is -1.23. The van der Waals surface area contributed by atoms with Gasteiger partial charge in [-0.25, -0.2) is 0 Å². The van der Waals surface area contributed by atoms with Gasteiger partial charge in [-0.05, 0) is 45.0 Å². The summed E-state index contributed by atoms with van der Waals surface area (Å²) in [5.74, 6) is 0.597. The maximum absolute atomic E-state index is 10.0. The fourth-order valence-electron chi connectivity index (χ4n) is 1.13. The zero-order valence-electron chi connectivity index (χ0n) is 9.70. The van der Waals surface area contributed by atoms with Gasteiger partial charge in [-0.1, -0.05) is 24.2 Å². The van der Waals surface area contributed by atoms with Crippen LogP contribution in [0.15, 0.2) is 30.3 Å². The van der Waals surface area contributed by atoms with Gasteiger partial charge in [0.2, 0.25) is 0 Å². The highest BCUT2D eigenvalue weighted by atomic mass is 35.5. The number of hydrogen-bond acceptors (Lipinski definition) is 2. The van der Waals surface area contributed by atoms with Crippen LogP contribution in [-0.4, -0.2) is 16.3 Å². The van der Waals surface area contributed by atoms with Gasteiger partial charge in [0, 0.05) is 5.02 Å². The molecule has 1 N–H and O–H groups in total. The molecule has 0 aromatic heterocycles. The van der Waals surface area contributed by atoms with Crippen molar-refractivity contribution in [1.82, 2.24) is 0 Å². The third-order valence-corrected chi connectivity index (χ3v) is 2.95. The summed E-state index contributed by atoms with van der Waals surface area (Å²) in [4.78, 5) is 0. The van der Waals surface area contributed by atoms with Gasteiger partial charge in [0.15, 0.2) is 0 Å². The highest BCUT2D eigenvalue weighted by molar-refractivity contribution is 6.30. The lowest BCUT2D eigenvalue weighted by molar-refractivity contribution is -0.0707. The molecule has 1 aromatic rings. The van der Waals surface area contributed by atoms with Gasteiger partial charge >= 0.3 is 0 Å². The Morgan fingerprint density at radius 2 is 2.00 bits per heavy atom. The summed E-state index contributed by atoms with van der Waals surface area (Å²) in [6.45, 7) is 10.5. The Kier molecular flexibility index (Phi) is 3.66. The van der Waals surface area contributed by atoms with Crippen molar-refractivity contribution in [3.05, 3.63) is 41.9 Å². The van der Waals surface area contributed by atoms with E-state index < -0.39 is 11.2 Å². The SMILES string of the molecule is [CH]=CC(C)(O)C(C)(C)Oc1cccc(Cl)c1. The molecule has 0 spiro atoms. The molecule has 1 radical (unpaired) electrons. The molecule has 0 fully saturated rings. The molecule has 1 atom stereocenters. The molecule has 2 nitrogen and oxygen atoms in total. The molecule has 16 heavy (non-hydrogen) atoms. The molecule has 3 heteroatoms. The zero-order valence-corrected chi connectivity index (χ0v) is 10.5. The fraction of sp³-hybridized carbons (Fsp3) is 0.385. The van der Waals surface area contributed by atoms with Crippen LogP contribution in [-0.2, 0) is 0 Å². The van der Waals surface area contributed by atoms with Crippen LogP contribution in [0.5, 0.6) is 5.75 Å². The summed E-state index contributed by atoms with van der Waals surface area (Å²) < 4.78 is 5.69. The monoisotopic (exact) mass is 239 g/mol. The van der Waals surface area contributed by atoms with E-state index >= 15 is 0 Å². The highest BCUT2D eigenvalue weighted by Gasteiger charge is 2.39. The van der Waals surface area contributed by atoms with E-state index in [4.69, 9.17) is 22.9 Å². The van der Waals surface area contributed by atoms with Crippen molar-refractivity contribution in [2.75, 3.05) is 0 Å². The summed E-state index contributed by atoms with van der Waals surface area (Å²) >= 11 is 5.85. The Hall–Kier alpha value is -0.990. The van der Waals surface area contributed by atoms with E-state index in [0.717, 1.165) is 0 Å². The average molecular weight is 240 g/mol. The molecule has 1 rings (SSSR count). The van der Waals surface area contributed by atoms with Crippen LogP contribution < -0.4 is 4.74 Å². The molecule has 0 heterocycles. The molecule has 0 aliphatic heterocycles. The van der Waals surface area contributed by atoms with Crippen molar-refractivity contribution >= 4 is 11.6 Å². The summed E-state index contributed by atoms with van der Waals surface area (Å²) in [7, 11) is 0. The third-order valence-electron chi connectivity index (χ3n) is 2.71. The topological polar surface area (TPSA) is 29.5 Å². The molecule has 87 valence electrons. The second-order valence-electron chi connectivity index (χ2n) is 4.38. The van der Waals surface area contributed by atoms with E-state index in [1.54, 1.807) is 45.0 Å². The molecule has 1 unspecified atom stereocenters. The van der Waals surface area contributed by atoms with Crippen LogP contribution >= 0.6 is 11.6 Å². The van der Waals surface area contributed by atoms with E-state index in [1.165, 1.54) is 6.08 Å². The third kappa shape index (κ3) is 2.77. The smallest absolute Gasteiger partial charge is 0.135 e. The summed E-state index contributed by atoms with van der Waals surface area (Å²) in [5.41, 5.74) is -2.07. The van der Waals surface area contributed by atoms with Crippen molar-refractivity contribution in [3.63, 3.8) is 0 Å². The minimum absolute atomic E-state index is 0.588. The first-order valence-electron chi connectivity index (χ1n) is 5.01. The second kappa shape index (κ2) is 4.48. The van der Waals surface area contributed by atoms with Gasteiger partial charge in [-0.3, -0.25) is 0 Å². The average Bonchev–Trinajstić information content (AvgIpc) is 2.16. The lowest BCUT2D eigenvalue weighted by Gasteiger charge is -2.37. The normalized spacial score (nSPS) is 15.3. The lowest BCUT2D eigenvalue weighted by atomic mass is 9.87. The molecule has 1 aromatic carbocycles. The molecule has 0 bridgehead atoms. The van der Waals surface area contributed by atoms with E-state index in [2.05, 4.69) is 0 Å². The molecular weight excluding hydrogens is 224 g/mol. The van der Waals surface area contributed by atoms with Crippen molar-refractivity contribution in [3.8, 4) is 5.75 Å². The van der Waals surface area contributed by atoms with E-state index in [-0.39, 0.29) is 0 Å². The molecule has 0 aliphatic rings. The van der Waals surface area contributed by atoms with Gasteiger partial charge in [0.25, 0.3) is 0 Å². The first-order chi connectivity index (χ1) is 7.28. The molecule has 0 saturated heterocycles. The van der Waals surface area contributed by atoms with Crippen LogP contribution in [0.3, 0.4) is 0 Å². The van der Waals surface area contributed by atoms with Crippen LogP contribution in [0.25, 0.3) is 0 Å². The van der Waals surface area contributed by atoms with Gasteiger partial charge in [-0.2, -0.15) is 0 Å². The summed E-state index contributed by atoms with van der Waals surface area (Å²) in [6, 6.07) is 7.01. The molecule has 0 saturated carbocycles. The van der Waals surface area contributed by atoms with Gasteiger partial charge in [-0.15, -0.1) is 0 Å². The number of ether oxygens (including phenoxy) is 1. The number of aliphatic hydroxyl groups is 1. The van der Waals surface area contributed by atoms with Crippen LogP contribution in [0.1, 0.15) is 20.8 Å². The predicted molar refractivity (Wildman–Crippen MR) is 65.7 cm³/mol. The van der Waals surface area contributed by atoms with Gasteiger partial charge in [0.1, 0.15) is 17.0 Å². The molecular formula is C13H16ClO2. The molecule has 0 aliphatic carbocycles. The second-order valence-corrected chi connectivity index (χ2v) is 4.82. The Morgan fingerprint density at radius 3 is 2.50 bits per heavy atom. The fourth-order valence-corrected chi connectivity index (χ4v) is 1.31. The quantitative estimate of drug-likeness (QED) is 0.874. The van der Waals surface area contributed by atoms with E-state index in [9.17, 15) is 5.11 Å². The highest BCUT2D eigenvalue weighted by Crippen LogP contribution is 2.29. The number of hydrogen-bond donors (Lipinski definition) is 1. The molecule has 0 amide bonds. The Bertz CT molecular complexity index is 383. The summed E-state index contributed by atoms with van der Waals surface area (Å²) in [5, 5.41) is 10.6.